The second kappa shape index (κ2) is 7.34. The molecule has 2 rings (SSSR count). The average molecular weight is 337 g/mol. The minimum Gasteiger partial charge on any atom is -0.503 e. The van der Waals surface area contributed by atoms with Crippen molar-refractivity contribution in [2.45, 2.75) is 6.92 Å². The van der Waals surface area contributed by atoms with E-state index in [-0.39, 0.29) is 22.3 Å². The number of ketones is 1. The van der Waals surface area contributed by atoms with Crippen molar-refractivity contribution in [2.75, 3.05) is 6.61 Å². The summed E-state index contributed by atoms with van der Waals surface area (Å²) in [6, 6.07) is 9.82. The molecular formula is C17H14Cl2O3. The minimum atomic E-state index is -0.154. The molecule has 0 spiro atoms. The molecule has 1 N–H and O–H groups in total. The second-order valence-corrected chi connectivity index (χ2v) is 5.33. The van der Waals surface area contributed by atoms with Crippen molar-refractivity contribution in [1.29, 1.82) is 0 Å². The van der Waals surface area contributed by atoms with Crippen molar-refractivity contribution >= 4 is 35.1 Å². The molecule has 5 heteroatoms. The molecule has 0 radical (unpaired) electrons. The van der Waals surface area contributed by atoms with E-state index in [1.807, 2.05) is 0 Å². The SMILES string of the molecule is CCOc1cc(/C=C/C(=O)c2ccc(Cl)cc2)cc(Cl)c1O. The van der Waals surface area contributed by atoms with Gasteiger partial charge >= 0.3 is 0 Å². The second-order valence-electron chi connectivity index (χ2n) is 4.49. The first-order valence-corrected chi connectivity index (χ1v) is 7.40. The van der Waals surface area contributed by atoms with Crippen LogP contribution in [0, 0.1) is 0 Å². The quantitative estimate of drug-likeness (QED) is 0.617. The molecule has 0 bridgehead atoms. The van der Waals surface area contributed by atoms with E-state index in [0.717, 1.165) is 0 Å². The number of phenolic OH excluding ortho intramolecular Hbond substituents is 1. The highest BCUT2D eigenvalue weighted by Crippen LogP contribution is 2.35. The van der Waals surface area contributed by atoms with E-state index in [0.29, 0.717) is 22.8 Å². The Labute approximate surface area is 138 Å². The normalized spacial score (nSPS) is 10.9. The van der Waals surface area contributed by atoms with Crippen molar-refractivity contribution in [3.63, 3.8) is 0 Å². The summed E-state index contributed by atoms with van der Waals surface area (Å²) in [6.07, 6.45) is 3.05. The molecule has 0 fully saturated rings. The monoisotopic (exact) mass is 336 g/mol. The van der Waals surface area contributed by atoms with Crippen LogP contribution >= 0.6 is 23.2 Å². The number of carbonyl (C=O) groups is 1. The van der Waals surface area contributed by atoms with Crippen molar-refractivity contribution < 1.29 is 14.6 Å². The summed E-state index contributed by atoms with van der Waals surface area (Å²) in [5.74, 6) is 0.0251. The highest BCUT2D eigenvalue weighted by atomic mass is 35.5. The van der Waals surface area contributed by atoms with Crippen LogP contribution in [0.3, 0.4) is 0 Å². The number of carbonyl (C=O) groups excluding carboxylic acids is 1. The van der Waals surface area contributed by atoms with Gasteiger partial charge in [-0.15, -0.1) is 0 Å². The smallest absolute Gasteiger partial charge is 0.185 e. The topological polar surface area (TPSA) is 46.5 Å². The zero-order chi connectivity index (χ0) is 16.1. The largest absolute Gasteiger partial charge is 0.503 e. The lowest BCUT2D eigenvalue weighted by molar-refractivity contribution is 0.104. The van der Waals surface area contributed by atoms with Crippen LogP contribution in [0.5, 0.6) is 11.5 Å². The summed E-state index contributed by atoms with van der Waals surface area (Å²) in [7, 11) is 0. The highest BCUT2D eigenvalue weighted by molar-refractivity contribution is 6.32. The molecule has 0 aromatic heterocycles. The number of rotatable bonds is 5. The molecule has 0 heterocycles. The Morgan fingerprint density at radius 2 is 1.91 bits per heavy atom. The van der Waals surface area contributed by atoms with Crippen LogP contribution in [0.4, 0.5) is 0 Å². The molecule has 0 aliphatic rings. The first kappa shape index (κ1) is 16.4. The number of hydrogen-bond donors (Lipinski definition) is 1. The third kappa shape index (κ3) is 4.03. The van der Waals surface area contributed by atoms with Crippen LogP contribution < -0.4 is 4.74 Å². The van der Waals surface area contributed by atoms with Gasteiger partial charge in [0.2, 0.25) is 0 Å². The molecule has 114 valence electrons. The van der Waals surface area contributed by atoms with E-state index >= 15 is 0 Å². The van der Waals surface area contributed by atoms with Gasteiger partial charge in [-0.05, 0) is 55.0 Å². The van der Waals surface area contributed by atoms with Crippen molar-refractivity contribution in [3.05, 3.63) is 63.6 Å². The summed E-state index contributed by atoms with van der Waals surface area (Å²) in [5.41, 5.74) is 1.20. The Morgan fingerprint density at radius 1 is 1.23 bits per heavy atom. The third-order valence-electron chi connectivity index (χ3n) is 2.91. The van der Waals surface area contributed by atoms with Crippen molar-refractivity contribution in [2.24, 2.45) is 0 Å². The summed E-state index contributed by atoms with van der Waals surface area (Å²) in [6.45, 7) is 2.21. The van der Waals surface area contributed by atoms with E-state index in [4.69, 9.17) is 27.9 Å². The van der Waals surface area contributed by atoms with E-state index in [1.165, 1.54) is 6.08 Å². The first-order chi connectivity index (χ1) is 10.5. The Kier molecular flexibility index (Phi) is 5.47. The number of hydrogen-bond acceptors (Lipinski definition) is 3. The van der Waals surface area contributed by atoms with Gasteiger partial charge in [-0.3, -0.25) is 4.79 Å². The fraction of sp³-hybridized carbons (Fsp3) is 0.118. The first-order valence-electron chi connectivity index (χ1n) is 6.64. The van der Waals surface area contributed by atoms with Crippen LogP contribution in [0.25, 0.3) is 6.08 Å². The summed E-state index contributed by atoms with van der Waals surface area (Å²) >= 11 is 11.7. The number of phenols is 1. The van der Waals surface area contributed by atoms with Gasteiger partial charge in [0, 0.05) is 10.6 Å². The van der Waals surface area contributed by atoms with E-state index in [1.54, 1.807) is 49.4 Å². The Morgan fingerprint density at radius 3 is 2.55 bits per heavy atom. The number of allylic oxidation sites excluding steroid dienone is 1. The van der Waals surface area contributed by atoms with Gasteiger partial charge in [0.15, 0.2) is 17.3 Å². The molecule has 0 atom stereocenters. The minimum absolute atomic E-state index is 0.107. The third-order valence-corrected chi connectivity index (χ3v) is 3.45. The lowest BCUT2D eigenvalue weighted by Crippen LogP contribution is -1.94. The molecule has 0 saturated carbocycles. The summed E-state index contributed by atoms with van der Waals surface area (Å²) in [4.78, 5) is 12.0. The molecule has 0 aliphatic heterocycles. The molecule has 3 nitrogen and oxygen atoms in total. The van der Waals surface area contributed by atoms with Crippen LogP contribution in [0.1, 0.15) is 22.8 Å². The summed E-state index contributed by atoms with van der Waals surface area (Å²) < 4.78 is 5.29. The number of halogens is 2. The van der Waals surface area contributed by atoms with E-state index in [9.17, 15) is 9.90 Å². The van der Waals surface area contributed by atoms with Gasteiger partial charge in [-0.2, -0.15) is 0 Å². The number of aromatic hydroxyl groups is 1. The fourth-order valence-corrected chi connectivity index (χ4v) is 2.18. The number of ether oxygens (including phenoxy) is 1. The molecule has 22 heavy (non-hydrogen) atoms. The molecule has 0 saturated heterocycles. The van der Waals surface area contributed by atoms with Gasteiger partial charge < -0.3 is 9.84 Å². The van der Waals surface area contributed by atoms with Gasteiger partial charge in [0.25, 0.3) is 0 Å². The molecule has 2 aromatic rings. The Hall–Kier alpha value is -1.97. The maximum Gasteiger partial charge on any atom is 0.185 e. The van der Waals surface area contributed by atoms with E-state index in [2.05, 4.69) is 0 Å². The maximum atomic E-state index is 12.0. The molecule has 0 aliphatic carbocycles. The zero-order valence-electron chi connectivity index (χ0n) is 11.8. The average Bonchev–Trinajstić information content (AvgIpc) is 2.50. The predicted molar refractivity (Wildman–Crippen MR) is 89.1 cm³/mol. The number of benzene rings is 2. The van der Waals surface area contributed by atoms with Crippen molar-refractivity contribution in [1.82, 2.24) is 0 Å². The van der Waals surface area contributed by atoms with Gasteiger partial charge in [0.05, 0.1) is 11.6 Å². The van der Waals surface area contributed by atoms with Crippen molar-refractivity contribution in [3.8, 4) is 11.5 Å². The lowest BCUT2D eigenvalue weighted by Gasteiger charge is -2.08. The predicted octanol–water partition coefficient (Wildman–Crippen LogP) is 4.99. The Bertz CT molecular complexity index is 707. The molecule has 0 unspecified atom stereocenters. The molecular weight excluding hydrogens is 323 g/mol. The van der Waals surface area contributed by atoms with Gasteiger partial charge in [0.1, 0.15) is 0 Å². The standard InChI is InChI=1S/C17H14Cl2O3/c1-2-22-16-10-11(9-14(19)17(16)21)3-8-15(20)12-4-6-13(18)7-5-12/h3-10,21H,2H2,1H3/b8-3+. The maximum absolute atomic E-state index is 12.0. The van der Waals surface area contributed by atoms with Crippen LogP contribution in [-0.2, 0) is 0 Å². The molecule has 2 aromatic carbocycles. The Balaban J connectivity index is 2.22. The lowest BCUT2D eigenvalue weighted by atomic mass is 10.1. The van der Waals surface area contributed by atoms with Gasteiger partial charge in [-0.25, -0.2) is 0 Å². The van der Waals surface area contributed by atoms with Crippen LogP contribution in [0.2, 0.25) is 10.0 Å². The molecule has 0 amide bonds. The van der Waals surface area contributed by atoms with Crippen LogP contribution in [-0.4, -0.2) is 17.5 Å². The summed E-state index contributed by atoms with van der Waals surface area (Å²) in [5, 5.41) is 10.5. The highest BCUT2D eigenvalue weighted by Gasteiger charge is 2.09. The van der Waals surface area contributed by atoms with Gasteiger partial charge in [-0.1, -0.05) is 29.3 Å². The van der Waals surface area contributed by atoms with Crippen LogP contribution in [0.15, 0.2) is 42.5 Å². The van der Waals surface area contributed by atoms with E-state index < -0.39 is 0 Å². The fourth-order valence-electron chi connectivity index (χ4n) is 1.84. The zero-order valence-corrected chi connectivity index (χ0v) is 13.4.